The number of aromatic nitrogens is 1. The van der Waals surface area contributed by atoms with E-state index in [-0.39, 0.29) is 5.82 Å². The van der Waals surface area contributed by atoms with Gasteiger partial charge in [-0.15, -0.1) is 6.58 Å². The maximum Gasteiger partial charge on any atom is 0.128 e. The first-order valence-electron chi connectivity index (χ1n) is 10.1. The summed E-state index contributed by atoms with van der Waals surface area (Å²) in [5, 5.41) is 10.5. The molecule has 0 radical (unpaired) electrons. The molecule has 2 aromatic carbocycles. The van der Waals surface area contributed by atoms with Crippen molar-refractivity contribution < 1.29 is 9.50 Å². The van der Waals surface area contributed by atoms with Gasteiger partial charge >= 0.3 is 0 Å². The molecule has 0 saturated heterocycles. The Labute approximate surface area is 172 Å². The molecular formula is C25H29FN2O. The van der Waals surface area contributed by atoms with E-state index in [1.165, 1.54) is 11.6 Å². The minimum atomic E-state index is -0.410. The predicted octanol–water partition coefficient (Wildman–Crippen LogP) is 5.00. The van der Waals surface area contributed by atoms with Gasteiger partial charge in [-0.2, -0.15) is 0 Å². The van der Waals surface area contributed by atoms with Gasteiger partial charge in [0, 0.05) is 37.1 Å². The highest BCUT2D eigenvalue weighted by atomic mass is 19.1. The first kappa shape index (κ1) is 21.0. The average Bonchev–Trinajstić information content (AvgIpc) is 3.15. The smallest absolute Gasteiger partial charge is 0.128 e. The lowest BCUT2D eigenvalue weighted by Gasteiger charge is -2.26. The summed E-state index contributed by atoms with van der Waals surface area (Å²) in [5.74, 6) is -0.187. The number of aliphatic hydroxyl groups is 1. The number of allylic oxidation sites excluding steroid dienone is 1. The second-order valence-electron chi connectivity index (χ2n) is 7.39. The lowest BCUT2D eigenvalue weighted by atomic mass is 10.1. The van der Waals surface area contributed by atoms with Crippen LogP contribution < -0.4 is 0 Å². The molecule has 4 heteroatoms. The van der Waals surface area contributed by atoms with E-state index in [2.05, 4.69) is 34.2 Å². The van der Waals surface area contributed by atoms with Crippen LogP contribution in [-0.4, -0.2) is 27.2 Å². The molecule has 0 aliphatic carbocycles. The number of nitrogens with zero attached hydrogens (tertiary/aromatic N) is 2. The van der Waals surface area contributed by atoms with Crippen LogP contribution in [0.3, 0.4) is 0 Å². The van der Waals surface area contributed by atoms with Gasteiger partial charge in [-0.1, -0.05) is 54.6 Å². The summed E-state index contributed by atoms with van der Waals surface area (Å²) in [6, 6.07) is 21.2. The molecule has 0 bridgehead atoms. The molecule has 3 nitrogen and oxygen atoms in total. The highest BCUT2D eigenvalue weighted by Crippen LogP contribution is 2.16. The summed E-state index contributed by atoms with van der Waals surface area (Å²) in [7, 11) is 0. The molecule has 29 heavy (non-hydrogen) atoms. The van der Waals surface area contributed by atoms with E-state index in [9.17, 15) is 9.50 Å². The maximum atomic E-state index is 14.1. The quantitative estimate of drug-likeness (QED) is 0.465. The molecule has 0 saturated carbocycles. The lowest BCUT2D eigenvalue weighted by Crippen LogP contribution is -2.32. The molecule has 0 aliphatic rings. The first-order valence-corrected chi connectivity index (χ1v) is 10.1. The molecule has 0 amide bonds. The average molecular weight is 393 g/mol. The Hall–Kier alpha value is -2.69. The number of halogens is 1. The van der Waals surface area contributed by atoms with E-state index in [1.807, 2.05) is 48.7 Å². The van der Waals surface area contributed by atoms with E-state index >= 15 is 0 Å². The van der Waals surface area contributed by atoms with Crippen molar-refractivity contribution in [3.8, 4) is 0 Å². The second kappa shape index (κ2) is 10.7. The molecule has 1 N–H and O–H groups in total. The fraction of sp³-hybridized carbons (Fsp3) is 0.280. The molecular weight excluding hydrogens is 363 g/mol. The van der Waals surface area contributed by atoms with Crippen LogP contribution in [0.15, 0.2) is 85.6 Å². The summed E-state index contributed by atoms with van der Waals surface area (Å²) in [6.45, 7) is 6.24. The number of hydrogen-bond acceptors (Lipinski definition) is 2. The van der Waals surface area contributed by atoms with E-state index < -0.39 is 6.10 Å². The zero-order chi connectivity index (χ0) is 20.5. The Kier molecular flexibility index (Phi) is 7.79. The maximum absolute atomic E-state index is 14.1. The highest BCUT2D eigenvalue weighted by Gasteiger charge is 2.15. The minimum Gasteiger partial charge on any atom is -0.392 e. The van der Waals surface area contributed by atoms with Crippen molar-refractivity contribution in [3.63, 3.8) is 0 Å². The van der Waals surface area contributed by atoms with Crippen molar-refractivity contribution in [3.05, 3.63) is 108 Å². The third-order valence-electron chi connectivity index (χ3n) is 5.03. The van der Waals surface area contributed by atoms with Crippen LogP contribution in [0.1, 0.15) is 29.7 Å². The van der Waals surface area contributed by atoms with E-state index in [4.69, 9.17) is 0 Å². The van der Waals surface area contributed by atoms with Crippen LogP contribution in [0.25, 0.3) is 0 Å². The highest BCUT2D eigenvalue weighted by molar-refractivity contribution is 5.20. The lowest BCUT2D eigenvalue weighted by molar-refractivity contribution is 0.0971. The van der Waals surface area contributed by atoms with Crippen molar-refractivity contribution in [2.24, 2.45) is 0 Å². The van der Waals surface area contributed by atoms with Gasteiger partial charge in [0.1, 0.15) is 5.82 Å². The van der Waals surface area contributed by atoms with Crippen LogP contribution in [0.4, 0.5) is 4.39 Å². The van der Waals surface area contributed by atoms with Crippen molar-refractivity contribution in [2.75, 3.05) is 6.54 Å². The Morgan fingerprint density at radius 2 is 1.76 bits per heavy atom. The molecule has 1 atom stereocenters. The van der Waals surface area contributed by atoms with Crippen LogP contribution in [0.5, 0.6) is 0 Å². The van der Waals surface area contributed by atoms with Crippen LogP contribution in [-0.2, 0) is 19.6 Å². The fourth-order valence-corrected chi connectivity index (χ4v) is 3.51. The van der Waals surface area contributed by atoms with Gasteiger partial charge in [0.05, 0.1) is 12.6 Å². The zero-order valence-corrected chi connectivity index (χ0v) is 16.8. The van der Waals surface area contributed by atoms with Crippen LogP contribution in [0, 0.1) is 5.82 Å². The Bertz CT molecular complexity index is 891. The molecule has 152 valence electrons. The number of hydrogen-bond donors (Lipinski definition) is 1. The van der Waals surface area contributed by atoms with Crippen LogP contribution in [0.2, 0.25) is 0 Å². The van der Waals surface area contributed by atoms with Crippen molar-refractivity contribution in [2.45, 2.75) is 38.6 Å². The normalized spacial score (nSPS) is 12.2. The van der Waals surface area contributed by atoms with Gasteiger partial charge in [-0.05, 0) is 36.6 Å². The number of aliphatic hydroxyl groups excluding tert-OH is 1. The van der Waals surface area contributed by atoms with E-state index in [0.29, 0.717) is 31.6 Å². The van der Waals surface area contributed by atoms with Gasteiger partial charge < -0.3 is 9.67 Å². The summed E-state index contributed by atoms with van der Waals surface area (Å²) < 4.78 is 16.2. The summed E-state index contributed by atoms with van der Waals surface area (Å²) >= 11 is 0. The fourth-order valence-electron chi connectivity index (χ4n) is 3.51. The third kappa shape index (κ3) is 6.41. The monoisotopic (exact) mass is 392 g/mol. The van der Waals surface area contributed by atoms with Crippen molar-refractivity contribution in [1.82, 2.24) is 9.47 Å². The molecule has 0 fully saturated rings. The Morgan fingerprint density at radius 1 is 1.00 bits per heavy atom. The SMILES string of the molecule is C=CCCC(O)CN(Cc1ccccc1)Cc1cccn1Cc1ccccc1F. The largest absolute Gasteiger partial charge is 0.392 e. The second-order valence-corrected chi connectivity index (χ2v) is 7.39. The standard InChI is InChI=1S/C25H29FN2O/c1-2-3-14-24(29)20-27(17-21-10-5-4-6-11-21)19-23-13-9-16-28(23)18-22-12-7-8-15-25(22)26/h2,4-13,15-16,24,29H,1,3,14,17-20H2. The minimum absolute atomic E-state index is 0.187. The van der Waals surface area contributed by atoms with Gasteiger partial charge in [-0.25, -0.2) is 4.39 Å². The molecule has 0 spiro atoms. The summed E-state index contributed by atoms with van der Waals surface area (Å²) in [4.78, 5) is 2.25. The predicted molar refractivity (Wildman–Crippen MR) is 116 cm³/mol. The van der Waals surface area contributed by atoms with E-state index in [0.717, 1.165) is 18.7 Å². The molecule has 1 unspecified atom stereocenters. The van der Waals surface area contributed by atoms with Crippen molar-refractivity contribution >= 4 is 0 Å². The molecule has 3 aromatic rings. The topological polar surface area (TPSA) is 28.4 Å². The third-order valence-corrected chi connectivity index (χ3v) is 5.03. The summed E-state index contributed by atoms with van der Waals surface area (Å²) in [6.07, 6.45) is 4.90. The van der Waals surface area contributed by atoms with E-state index in [1.54, 1.807) is 6.07 Å². The summed E-state index contributed by atoms with van der Waals surface area (Å²) in [5.41, 5.74) is 2.97. The molecule has 0 aliphatic heterocycles. The zero-order valence-electron chi connectivity index (χ0n) is 16.8. The first-order chi connectivity index (χ1) is 14.2. The molecule has 1 heterocycles. The molecule has 1 aromatic heterocycles. The molecule has 3 rings (SSSR count). The van der Waals surface area contributed by atoms with Crippen molar-refractivity contribution in [1.29, 1.82) is 0 Å². The van der Waals surface area contributed by atoms with Gasteiger partial charge in [-0.3, -0.25) is 4.90 Å². The number of rotatable bonds is 11. The Morgan fingerprint density at radius 3 is 2.52 bits per heavy atom. The van der Waals surface area contributed by atoms with Crippen LogP contribution >= 0.6 is 0 Å². The van der Waals surface area contributed by atoms with Gasteiger partial charge in [0.15, 0.2) is 0 Å². The number of benzene rings is 2. The van der Waals surface area contributed by atoms with Gasteiger partial charge in [0.25, 0.3) is 0 Å². The Balaban J connectivity index is 1.74. The van der Waals surface area contributed by atoms with Gasteiger partial charge in [0.2, 0.25) is 0 Å².